The number of benzene rings is 3. The molecule has 3 aromatic rings. The number of carbonyl (C=O) groups is 1. The maximum Gasteiger partial charge on any atom is 0.166 e. The molecule has 0 radical (unpaired) electrons. The number of hydrogen-bond acceptors (Lipinski definition) is 4. The summed E-state index contributed by atoms with van der Waals surface area (Å²) in [6.45, 7) is 6.65. The van der Waals surface area contributed by atoms with Gasteiger partial charge in [-0.25, -0.2) is 0 Å². The molecule has 188 valence electrons. The zero-order valence-electron chi connectivity index (χ0n) is 21.4. The van der Waals surface area contributed by atoms with E-state index in [4.69, 9.17) is 0 Å². The van der Waals surface area contributed by atoms with Gasteiger partial charge in [0.25, 0.3) is 0 Å². The molecule has 1 heterocycles. The van der Waals surface area contributed by atoms with E-state index in [-0.39, 0.29) is 18.1 Å². The summed E-state index contributed by atoms with van der Waals surface area (Å²) in [6, 6.07) is 26.4. The highest BCUT2D eigenvalue weighted by Gasteiger charge is 2.22. The fraction of sp³-hybridized carbons (Fsp3) is 0.344. The van der Waals surface area contributed by atoms with Crippen LogP contribution in [-0.4, -0.2) is 47.1 Å². The molecule has 4 nitrogen and oxygen atoms in total. The number of rotatable bonds is 9. The summed E-state index contributed by atoms with van der Waals surface area (Å²) >= 11 is 0. The number of hydrogen-bond donors (Lipinski definition) is 2. The molecule has 0 aromatic heterocycles. The number of Topliss-reactive ketones (excluding diaryl/α,β-unsaturated/α-hetero) is 1. The third-order valence-electron chi connectivity index (χ3n) is 7.29. The molecule has 0 aliphatic carbocycles. The molecule has 0 unspecified atom stereocenters. The van der Waals surface area contributed by atoms with Crippen molar-refractivity contribution in [1.29, 1.82) is 0 Å². The Morgan fingerprint density at radius 2 is 1.47 bits per heavy atom. The van der Waals surface area contributed by atoms with E-state index >= 15 is 0 Å². The van der Waals surface area contributed by atoms with Crippen molar-refractivity contribution in [2.75, 3.05) is 26.2 Å². The van der Waals surface area contributed by atoms with Gasteiger partial charge in [0.2, 0.25) is 0 Å². The number of nitrogens with zero attached hydrogens (tertiary/aromatic N) is 1. The van der Waals surface area contributed by atoms with Gasteiger partial charge in [-0.15, -0.1) is 0 Å². The van der Waals surface area contributed by atoms with Crippen LogP contribution in [0, 0.1) is 0 Å². The molecular weight excluding hydrogens is 446 g/mol. The van der Waals surface area contributed by atoms with Crippen molar-refractivity contribution in [3.63, 3.8) is 0 Å². The molecule has 0 amide bonds. The van der Waals surface area contributed by atoms with E-state index in [9.17, 15) is 15.0 Å². The number of aliphatic hydroxyl groups is 1. The van der Waals surface area contributed by atoms with Crippen LogP contribution in [0.1, 0.15) is 66.6 Å². The molecule has 1 aliphatic heterocycles. The highest BCUT2D eigenvalue weighted by Crippen LogP contribution is 2.33. The van der Waals surface area contributed by atoms with Gasteiger partial charge in [-0.1, -0.05) is 86.2 Å². The molecular formula is C32H37NO3. The van der Waals surface area contributed by atoms with Crippen molar-refractivity contribution < 1.29 is 15.0 Å². The minimum Gasteiger partial charge on any atom is -0.507 e. The van der Waals surface area contributed by atoms with Crippen LogP contribution in [0.15, 0.2) is 84.4 Å². The van der Waals surface area contributed by atoms with Crippen molar-refractivity contribution in [3.05, 3.63) is 107 Å². The number of aliphatic hydroxyl groups excluding tert-OH is 1. The molecule has 0 saturated carbocycles. The number of likely N-dealkylation sites (tertiary alicyclic amines) is 1. The third kappa shape index (κ3) is 6.13. The minimum absolute atomic E-state index is 0.00105. The second kappa shape index (κ2) is 11.7. The van der Waals surface area contributed by atoms with Crippen molar-refractivity contribution >= 4 is 11.4 Å². The topological polar surface area (TPSA) is 60.8 Å². The maximum absolute atomic E-state index is 12.8. The first kappa shape index (κ1) is 25.9. The summed E-state index contributed by atoms with van der Waals surface area (Å²) < 4.78 is 0. The highest BCUT2D eigenvalue weighted by molar-refractivity contribution is 5.98. The second-order valence-electron chi connectivity index (χ2n) is 10.4. The molecule has 1 fully saturated rings. The molecule has 4 rings (SSSR count). The largest absolute Gasteiger partial charge is 0.507 e. The van der Waals surface area contributed by atoms with Gasteiger partial charge in [-0.3, -0.25) is 4.79 Å². The van der Waals surface area contributed by atoms with E-state index in [1.807, 2.05) is 19.9 Å². The van der Waals surface area contributed by atoms with Crippen molar-refractivity contribution in [2.24, 2.45) is 0 Å². The molecule has 0 atom stereocenters. The fourth-order valence-corrected chi connectivity index (χ4v) is 4.96. The van der Waals surface area contributed by atoms with E-state index in [0.29, 0.717) is 12.0 Å². The summed E-state index contributed by atoms with van der Waals surface area (Å²) in [5.74, 6) is -0.0324. The molecule has 4 heteroatoms. The molecule has 1 aliphatic rings. The van der Waals surface area contributed by atoms with E-state index < -0.39 is 5.41 Å². The average molecular weight is 484 g/mol. The summed E-state index contributed by atoms with van der Waals surface area (Å²) in [5.41, 5.74) is 6.12. The van der Waals surface area contributed by atoms with Crippen molar-refractivity contribution in [1.82, 2.24) is 4.90 Å². The van der Waals surface area contributed by atoms with E-state index in [1.165, 1.54) is 22.3 Å². The standard InChI is InChI=1S/C32H37NO3/c1-32(2,23-34)27-15-16-28(30(36)22-27)29(35)14-9-19-33-20-17-26(18-21-33)31(24-10-5-3-6-11-24)25-12-7-4-8-13-25/h3-8,10-13,15-16,22,34,36H,9,14,17-21,23H2,1-2H3. The van der Waals surface area contributed by atoms with Gasteiger partial charge in [-0.2, -0.15) is 0 Å². The van der Waals surface area contributed by atoms with Crippen LogP contribution in [0.25, 0.3) is 5.57 Å². The lowest BCUT2D eigenvalue weighted by Crippen LogP contribution is -2.32. The lowest BCUT2D eigenvalue weighted by molar-refractivity contribution is 0.0971. The normalized spacial score (nSPS) is 14.6. The van der Waals surface area contributed by atoms with Crippen LogP contribution in [0.4, 0.5) is 0 Å². The predicted molar refractivity (Wildman–Crippen MR) is 146 cm³/mol. The molecule has 0 spiro atoms. The van der Waals surface area contributed by atoms with E-state index in [0.717, 1.165) is 44.5 Å². The van der Waals surface area contributed by atoms with Crippen LogP contribution >= 0.6 is 0 Å². The summed E-state index contributed by atoms with van der Waals surface area (Å²) in [4.78, 5) is 15.2. The molecule has 3 aromatic carbocycles. The Hall–Kier alpha value is -3.21. The number of phenolic OH excluding ortho intramolecular Hbond substituents is 1. The quantitative estimate of drug-likeness (QED) is 0.355. The van der Waals surface area contributed by atoms with Gasteiger partial charge >= 0.3 is 0 Å². The maximum atomic E-state index is 12.8. The van der Waals surface area contributed by atoms with Crippen LogP contribution in [0.3, 0.4) is 0 Å². The summed E-state index contributed by atoms with van der Waals surface area (Å²) in [5, 5.41) is 20.0. The Labute approximate surface area is 214 Å². The Morgan fingerprint density at radius 3 is 2.00 bits per heavy atom. The fourth-order valence-electron chi connectivity index (χ4n) is 4.96. The lowest BCUT2D eigenvalue weighted by Gasteiger charge is -2.30. The molecule has 1 saturated heterocycles. The molecule has 36 heavy (non-hydrogen) atoms. The number of carbonyl (C=O) groups excluding carboxylic acids is 1. The Morgan fingerprint density at radius 1 is 0.889 bits per heavy atom. The number of phenols is 1. The zero-order valence-corrected chi connectivity index (χ0v) is 21.4. The average Bonchev–Trinajstić information content (AvgIpc) is 2.91. The predicted octanol–water partition coefficient (Wildman–Crippen LogP) is 6.22. The van der Waals surface area contributed by atoms with Crippen LogP contribution < -0.4 is 0 Å². The molecule has 2 N–H and O–H groups in total. The number of piperidine rings is 1. The smallest absolute Gasteiger partial charge is 0.166 e. The van der Waals surface area contributed by atoms with Gasteiger partial charge < -0.3 is 15.1 Å². The number of aromatic hydroxyl groups is 1. The monoisotopic (exact) mass is 483 g/mol. The zero-order chi connectivity index (χ0) is 25.5. The highest BCUT2D eigenvalue weighted by atomic mass is 16.3. The van der Waals surface area contributed by atoms with E-state index in [1.54, 1.807) is 12.1 Å². The third-order valence-corrected chi connectivity index (χ3v) is 7.29. The minimum atomic E-state index is -0.457. The summed E-state index contributed by atoms with van der Waals surface area (Å²) in [6.07, 6.45) is 3.23. The van der Waals surface area contributed by atoms with Gasteiger partial charge in [0.15, 0.2) is 5.78 Å². The first-order chi connectivity index (χ1) is 17.4. The summed E-state index contributed by atoms with van der Waals surface area (Å²) in [7, 11) is 0. The van der Waals surface area contributed by atoms with Gasteiger partial charge in [0, 0.05) is 24.9 Å². The number of ketones is 1. The SMILES string of the molecule is CC(C)(CO)c1ccc(C(=O)CCCN2CCC(=C(c3ccccc3)c3ccccc3)CC2)c(O)c1. The van der Waals surface area contributed by atoms with Crippen LogP contribution in [0.5, 0.6) is 5.75 Å². The van der Waals surface area contributed by atoms with Crippen molar-refractivity contribution in [3.8, 4) is 5.75 Å². The van der Waals surface area contributed by atoms with Gasteiger partial charge in [0.05, 0.1) is 12.2 Å². The Kier molecular flexibility index (Phi) is 8.40. The second-order valence-corrected chi connectivity index (χ2v) is 10.4. The van der Waals surface area contributed by atoms with Crippen LogP contribution in [-0.2, 0) is 5.41 Å². The van der Waals surface area contributed by atoms with Gasteiger partial charge in [0.1, 0.15) is 5.75 Å². The first-order valence-corrected chi connectivity index (χ1v) is 12.9. The molecule has 0 bridgehead atoms. The lowest BCUT2D eigenvalue weighted by atomic mass is 9.84. The Balaban J connectivity index is 1.35. The first-order valence-electron chi connectivity index (χ1n) is 12.9. The Bertz CT molecular complexity index is 1150. The van der Waals surface area contributed by atoms with Crippen molar-refractivity contribution in [2.45, 2.75) is 44.9 Å². The van der Waals surface area contributed by atoms with Crippen LogP contribution in [0.2, 0.25) is 0 Å². The van der Waals surface area contributed by atoms with E-state index in [2.05, 4.69) is 65.6 Å². The van der Waals surface area contributed by atoms with Gasteiger partial charge in [-0.05, 0) is 60.2 Å².